The zero-order valence-corrected chi connectivity index (χ0v) is 9.37. The van der Waals surface area contributed by atoms with Crippen LogP contribution in [0.1, 0.15) is 6.42 Å². The minimum absolute atomic E-state index is 0.0155. The van der Waals surface area contributed by atoms with Crippen LogP contribution in [0.3, 0.4) is 0 Å². The molecule has 0 bridgehead atoms. The third kappa shape index (κ3) is 2.88. The normalized spacial score (nSPS) is 19.4. The first-order chi connectivity index (χ1) is 8.16. The zero-order chi connectivity index (χ0) is 12.3. The second kappa shape index (κ2) is 5.05. The summed E-state index contributed by atoms with van der Waals surface area (Å²) in [6, 6.07) is 6.50. The Morgan fingerprint density at radius 3 is 2.88 bits per heavy atom. The standard InChI is InChI=1S/C12H15NO4/c14-9-5-6-13(7-9)12(16)8-17-11-4-2-1-3-10(11)15/h1-4,9,14-15H,5-8H2/t9-/m0/s1. The van der Waals surface area contributed by atoms with E-state index < -0.39 is 6.10 Å². The molecule has 1 saturated heterocycles. The molecule has 0 aliphatic carbocycles. The number of aromatic hydroxyl groups is 1. The SMILES string of the molecule is O=C(COc1ccccc1O)N1CC[C@H](O)C1. The van der Waals surface area contributed by atoms with Crippen LogP contribution in [0.15, 0.2) is 24.3 Å². The minimum Gasteiger partial charge on any atom is -0.504 e. The molecule has 1 atom stereocenters. The fraction of sp³-hybridized carbons (Fsp3) is 0.417. The number of nitrogens with zero attached hydrogens (tertiary/aromatic N) is 1. The summed E-state index contributed by atoms with van der Waals surface area (Å²) >= 11 is 0. The quantitative estimate of drug-likeness (QED) is 0.796. The summed E-state index contributed by atoms with van der Waals surface area (Å²) in [5.74, 6) is 0.132. The van der Waals surface area contributed by atoms with Crippen LogP contribution in [-0.4, -0.2) is 46.8 Å². The zero-order valence-electron chi connectivity index (χ0n) is 9.37. The molecule has 0 saturated carbocycles. The number of likely N-dealkylation sites (tertiary alicyclic amines) is 1. The van der Waals surface area contributed by atoms with Crippen molar-refractivity contribution in [1.29, 1.82) is 0 Å². The van der Waals surface area contributed by atoms with Crippen molar-refractivity contribution >= 4 is 5.91 Å². The molecule has 92 valence electrons. The maximum absolute atomic E-state index is 11.7. The van der Waals surface area contributed by atoms with Crippen molar-refractivity contribution in [3.8, 4) is 11.5 Å². The predicted molar refractivity (Wildman–Crippen MR) is 60.8 cm³/mol. The van der Waals surface area contributed by atoms with Crippen LogP contribution in [0.4, 0.5) is 0 Å². The number of carbonyl (C=O) groups excluding carboxylic acids is 1. The summed E-state index contributed by atoms with van der Waals surface area (Å²) in [6.45, 7) is 0.803. The number of para-hydroxylation sites is 2. The van der Waals surface area contributed by atoms with Gasteiger partial charge in [-0.1, -0.05) is 12.1 Å². The van der Waals surface area contributed by atoms with Gasteiger partial charge in [0.15, 0.2) is 18.1 Å². The molecule has 1 aromatic rings. The summed E-state index contributed by atoms with van der Waals surface area (Å²) in [5.41, 5.74) is 0. The molecule has 5 heteroatoms. The van der Waals surface area contributed by atoms with Gasteiger partial charge >= 0.3 is 0 Å². The van der Waals surface area contributed by atoms with Gasteiger partial charge in [-0.15, -0.1) is 0 Å². The summed E-state index contributed by atoms with van der Waals surface area (Å²) < 4.78 is 5.22. The largest absolute Gasteiger partial charge is 0.504 e. The van der Waals surface area contributed by atoms with Gasteiger partial charge in [-0.05, 0) is 18.6 Å². The number of carbonyl (C=O) groups is 1. The van der Waals surface area contributed by atoms with Crippen LogP contribution >= 0.6 is 0 Å². The highest BCUT2D eigenvalue weighted by molar-refractivity contribution is 5.78. The maximum atomic E-state index is 11.7. The maximum Gasteiger partial charge on any atom is 0.260 e. The number of hydrogen-bond donors (Lipinski definition) is 2. The third-order valence-electron chi connectivity index (χ3n) is 2.73. The molecule has 1 heterocycles. The van der Waals surface area contributed by atoms with Crippen molar-refractivity contribution in [1.82, 2.24) is 4.90 Å². The Kier molecular flexibility index (Phi) is 3.49. The van der Waals surface area contributed by atoms with E-state index in [0.717, 1.165) is 0 Å². The predicted octanol–water partition coefficient (Wildman–Crippen LogP) is 0.364. The Morgan fingerprint density at radius 2 is 2.24 bits per heavy atom. The van der Waals surface area contributed by atoms with Gasteiger partial charge in [-0.3, -0.25) is 4.79 Å². The van der Waals surface area contributed by atoms with E-state index in [4.69, 9.17) is 4.74 Å². The number of β-amino-alcohol motifs (C(OH)–C–C–N with tert-alkyl or cyclic N) is 1. The lowest BCUT2D eigenvalue weighted by Crippen LogP contribution is -2.33. The number of aliphatic hydroxyl groups excluding tert-OH is 1. The van der Waals surface area contributed by atoms with Gasteiger partial charge in [-0.25, -0.2) is 0 Å². The van der Waals surface area contributed by atoms with E-state index >= 15 is 0 Å². The summed E-state index contributed by atoms with van der Waals surface area (Å²) in [5, 5.41) is 18.7. The highest BCUT2D eigenvalue weighted by atomic mass is 16.5. The Morgan fingerprint density at radius 1 is 1.47 bits per heavy atom. The monoisotopic (exact) mass is 237 g/mol. The molecule has 0 unspecified atom stereocenters. The van der Waals surface area contributed by atoms with E-state index in [-0.39, 0.29) is 18.3 Å². The summed E-state index contributed by atoms with van der Waals surface area (Å²) in [4.78, 5) is 13.2. The molecule has 1 aromatic carbocycles. The molecule has 17 heavy (non-hydrogen) atoms. The first-order valence-corrected chi connectivity index (χ1v) is 5.53. The molecule has 1 amide bonds. The molecule has 1 fully saturated rings. The van der Waals surface area contributed by atoms with Crippen LogP contribution in [0.5, 0.6) is 11.5 Å². The molecule has 2 rings (SSSR count). The number of amides is 1. The third-order valence-corrected chi connectivity index (χ3v) is 2.73. The van der Waals surface area contributed by atoms with Crippen molar-refractivity contribution in [2.75, 3.05) is 19.7 Å². The second-order valence-corrected chi connectivity index (χ2v) is 4.04. The van der Waals surface area contributed by atoms with Gasteiger partial charge < -0.3 is 19.8 Å². The van der Waals surface area contributed by atoms with Gasteiger partial charge in [0.1, 0.15) is 0 Å². The average Bonchev–Trinajstić information content (AvgIpc) is 2.74. The summed E-state index contributed by atoms with van der Waals surface area (Å²) in [7, 11) is 0. The van der Waals surface area contributed by atoms with Gasteiger partial charge in [0.2, 0.25) is 0 Å². The minimum atomic E-state index is -0.427. The Bertz CT molecular complexity index is 407. The van der Waals surface area contributed by atoms with Crippen LogP contribution < -0.4 is 4.74 Å². The number of aliphatic hydroxyl groups is 1. The number of ether oxygens (including phenoxy) is 1. The van der Waals surface area contributed by atoms with Crippen LogP contribution in [-0.2, 0) is 4.79 Å². The van der Waals surface area contributed by atoms with Crippen molar-refractivity contribution in [3.63, 3.8) is 0 Å². The fourth-order valence-electron chi connectivity index (χ4n) is 1.78. The average molecular weight is 237 g/mol. The molecule has 5 nitrogen and oxygen atoms in total. The Labute approximate surface area is 99.2 Å². The van der Waals surface area contributed by atoms with E-state index in [1.807, 2.05) is 0 Å². The van der Waals surface area contributed by atoms with Crippen molar-refractivity contribution in [3.05, 3.63) is 24.3 Å². The smallest absolute Gasteiger partial charge is 0.260 e. The highest BCUT2D eigenvalue weighted by Gasteiger charge is 2.24. The van der Waals surface area contributed by atoms with Crippen LogP contribution in [0.2, 0.25) is 0 Å². The highest BCUT2D eigenvalue weighted by Crippen LogP contribution is 2.24. The number of phenols is 1. The number of rotatable bonds is 3. The van der Waals surface area contributed by atoms with Crippen molar-refractivity contribution < 1.29 is 19.7 Å². The molecule has 0 spiro atoms. The van der Waals surface area contributed by atoms with E-state index in [9.17, 15) is 15.0 Å². The van der Waals surface area contributed by atoms with Gasteiger partial charge in [-0.2, -0.15) is 0 Å². The van der Waals surface area contributed by atoms with Crippen molar-refractivity contribution in [2.24, 2.45) is 0 Å². The van der Waals surface area contributed by atoms with E-state index in [1.54, 1.807) is 23.1 Å². The first-order valence-electron chi connectivity index (χ1n) is 5.53. The lowest BCUT2D eigenvalue weighted by molar-refractivity contribution is -0.132. The topological polar surface area (TPSA) is 70.0 Å². The first kappa shape index (κ1) is 11.7. The molecule has 1 aliphatic rings. The van der Waals surface area contributed by atoms with Crippen LogP contribution in [0, 0.1) is 0 Å². The molecule has 2 N–H and O–H groups in total. The molecular weight excluding hydrogens is 222 g/mol. The van der Waals surface area contributed by atoms with E-state index in [2.05, 4.69) is 0 Å². The van der Waals surface area contributed by atoms with Crippen LogP contribution in [0.25, 0.3) is 0 Å². The van der Waals surface area contributed by atoms with Gasteiger partial charge in [0.05, 0.1) is 6.10 Å². The lowest BCUT2D eigenvalue weighted by atomic mass is 10.3. The second-order valence-electron chi connectivity index (χ2n) is 4.04. The molecule has 1 aliphatic heterocycles. The number of benzene rings is 1. The van der Waals surface area contributed by atoms with Crippen molar-refractivity contribution in [2.45, 2.75) is 12.5 Å². The molecule has 0 radical (unpaired) electrons. The Hall–Kier alpha value is -1.75. The summed E-state index contributed by atoms with van der Waals surface area (Å²) in [6.07, 6.45) is 0.187. The van der Waals surface area contributed by atoms with E-state index in [1.165, 1.54) is 6.07 Å². The molecular formula is C12H15NO4. The Balaban J connectivity index is 1.86. The number of phenolic OH excluding ortho intramolecular Hbond substituents is 1. The van der Waals surface area contributed by atoms with Gasteiger partial charge in [0, 0.05) is 13.1 Å². The van der Waals surface area contributed by atoms with Gasteiger partial charge in [0.25, 0.3) is 5.91 Å². The molecule has 0 aromatic heterocycles. The number of hydrogen-bond acceptors (Lipinski definition) is 4. The lowest BCUT2D eigenvalue weighted by Gasteiger charge is -2.16. The van der Waals surface area contributed by atoms with E-state index in [0.29, 0.717) is 25.3 Å². The fourth-order valence-corrected chi connectivity index (χ4v) is 1.78.